The van der Waals surface area contributed by atoms with Crippen LogP contribution in [0.15, 0.2) is 22.9 Å². The second-order valence-corrected chi connectivity index (χ2v) is 7.05. The molecule has 0 spiro atoms. The fourth-order valence-corrected chi connectivity index (χ4v) is 3.27. The molecule has 0 unspecified atom stereocenters. The summed E-state index contributed by atoms with van der Waals surface area (Å²) in [6.45, 7) is 4.75. The van der Waals surface area contributed by atoms with Crippen LogP contribution < -0.4 is 10.2 Å². The minimum absolute atomic E-state index is 0.0413. The number of amides is 1. The van der Waals surface area contributed by atoms with Gasteiger partial charge in [0.15, 0.2) is 5.82 Å². The van der Waals surface area contributed by atoms with Crippen molar-refractivity contribution < 1.29 is 9.32 Å². The highest BCUT2D eigenvalue weighted by molar-refractivity contribution is 5.75. The summed E-state index contributed by atoms with van der Waals surface area (Å²) in [6.07, 6.45) is 9.20. The highest BCUT2D eigenvalue weighted by atomic mass is 16.5. The van der Waals surface area contributed by atoms with E-state index in [2.05, 4.69) is 38.3 Å². The molecule has 146 valence electrons. The first kappa shape index (κ1) is 19.3. The maximum Gasteiger partial charge on any atom is 0.226 e. The fraction of sp³-hybridized carbons (Fsp3) is 0.600. The predicted octanol–water partition coefficient (Wildman–Crippen LogP) is 3.05. The lowest BCUT2D eigenvalue weighted by Crippen LogP contribution is -2.30. The van der Waals surface area contributed by atoms with Crippen molar-refractivity contribution >= 4 is 11.7 Å². The molecule has 2 aromatic rings. The summed E-state index contributed by atoms with van der Waals surface area (Å²) in [5.41, 5.74) is 1.08. The minimum atomic E-state index is 0.0413. The number of anilines is 1. The number of piperidine rings is 1. The molecule has 1 amide bonds. The van der Waals surface area contributed by atoms with E-state index in [0.29, 0.717) is 31.7 Å². The third-order valence-electron chi connectivity index (χ3n) is 4.76. The lowest BCUT2D eigenvalue weighted by Gasteiger charge is -2.27. The number of hydrogen-bond acceptors (Lipinski definition) is 6. The molecule has 3 rings (SSSR count). The Balaban J connectivity index is 1.39. The van der Waals surface area contributed by atoms with Crippen molar-refractivity contribution in [2.75, 3.05) is 18.0 Å². The van der Waals surface area contributed by atoms with E-state index in [9.17, 15) is 4.79 Å². The number of nitrogens with one attached hydrogen (secondary N) is 1. The van der Waals surface area contributed by atoms with Gasteiger partial charge in [0.25, 0.3) is 0 Å². The molecule has 1 aliphatic rings. The molecule has 3 heterocycles. The summed E-state index contributed by atoms with van der Waals surface area (Å²) < 4.78 is 5.19. The van der Waals surface area contributed by atoms with Gasteiger partial charge in [-0.15, -0.1) is 0 Å². The van der Waals surface area contributed by atoms with Crippen molar-refractivity contribution in [2.24, 2.45) is 0 Å². The van der Waals surface area contributed by atoms with Crippen molar-refractivity contribution in [3.8, 4) is 0 Å². The van der Waals surface area contributed by atoms with Gasteiger partial charge >= 0.3 is 0 Å². The molecule has 2 aromatic heterocycles. The van der Waals surface area contributed by atoms with Crippen LogP contribution >= 0.6 is 0 Å². The number of aromatic nitrogens is 3. The second-order valence-electron chi connectivity index (χ2n) is 7.05. The van der Waals surface area contributed by atoms with Gasteiger partial charge in [0.05, 0.1) is 0 Å². The molecule has 0 radical (unpaired) electrons. The molecule has 0 bridgehead atoms. The van der Waals surface area contributed by atoms with Crippen molar-refractivity contribution in [3.63, 3.8) is 0 Å². The molecule has 0 aliphatic carbocycles. The number of carbonyl (C=O) groups excluding carboxylic acids is 1. The van der Waals surface area contributed by atoms with Crippen LogP contribution in [-0.4, -0.2) is 34.1 Å². The molecular formula is C20H29N5O2. The van der Waals surface area contributed by atoms with Crippen LogP contribution in [0.3, 0.4) is 0 Å². The molecule has 1 fully saturated rings. The van der Waals surface area contributed by atoms with Gasteiger partial charge in [-0.05, 0) is 49.8 Å². The Morgan fingerprint density at radius 2 is 2.11 bits per heavy atom. The summed E-state index contributed by atoms with van der Waals surface area (Å²) in [5, 5.41) is 6.92. The third kappa shape index (κ3) is 6.05. The Bertz CT molecular complexity index is 725. The van der Waals surface area contributed by atoms with Gasteiger partial charge < -0.3 is 14.7 Å². The first-order chi connectivity index (χ1) is 13.2. The van der Waals surface area contributed by atoms with Crippen LogP contribution in [0.1, 0.15) is 62.7 Å². The number of aryl methyl sites for hydroxylation is 2. The third-order valence-corrected chi connectivity index (χ3v) is 4.76. The normalized spacial score (nSPS) is 14.3. The van der Waals surface area contributed by atoms with Crippen molar-refractivity contribution in [1.82, 2.24) is 20.4 Å². The van der Waals surface area contributed by atoms with Gasteiger partial charge in [-0.1, -0.05) is 12.1 Å². The van der Waals surface area contributed by atoms with E-state index in [-0.39, 0.29) is 5.91 Å². The van der Waals surface area contributed by atoms with Gasteiger partial charge in [0, 0.05) is 45.1 Å². The van der Waals surface area contributed by atoms with Gasteiger partial charge in [0.2, 0.25) is 11.8 Å². The van der Waals surface area contributed by atoms with E-state index < -0.39 is 0 Å². The van der Waals surface area contributed by atoms with Crippen LogP contribution in [0.2, 0.25) is 0 Å². The van der Waals surface area contributed by atoms with E-state index in [0.717, 1.165) is 43.1 Å². The highest BCUT2D eigenvalue weighted by Gasteiger charge is 2.12. The molecule has 7 nitrogen and oxygen atoms in total. The summed E-state index contributed by atoms with van der Waals surface area (Å²) in [5.74, 6) is 2.42. The first-order valence-electron chi connectivity index (χ1n) is 10.0. The van der Waals surface area contributed by atoms with E-state index in [1.807, 2.05) is 12.3 Å². The van der Waals surface area contributed by atoms with Gasteiger partial charge in [-0.2, -0.15) is 4.98 Å². The topological polar surface area (TPSA) is 84.2 Å². The Hall–Kier alpha value is -2.44. The molecule has 0 saturated carbocycles. The number of carbonyl (C=O) groups is 1. The number of rotatable bonds is 9. The molecule has 0 aromatic carbocycles. The lowest BCUT2D eigenvalue weighted by atomic mass is 10.1. The van der Waals surface area contributed by atoms with Crippen LogP contribution in [0, 0.1) is 0 Å². The van der Waals surface area contributed by atoms with Crippen molar-refractivity contribution in [2.45, 2.75) is 64.8 Å². The quantitative estimate of drug-likeness (QED) is 0.729. The maximum absolute atomic E-state index is 12.1. The Morgan fingerprint density at radius 3 is 2.93 bits per heavy atom. The molecule has 1 aliphatic heterocycles. The SMILES string of the molecule is CCCc1noc(CCCC(=O)NCc2ccnc(N3CCCCC3)c2)n1. The monoisotopic (exact) mass is 371 g/mol. The zero-order valence-corrected chi connectivity index (χ0v) is 16.1. The van der Waals surface area contributed by atoms with Gasteiger partial charge in [-0.25, -0.2) is 4.98 Å². The largest absolute Gasteiger partial charge is 0.357 e. The average Bonchev–Trinajstić information content (AvgIpc) is 3.15. The summed E-state index contributed by atoms with van der Waals surface area (Å²) in [4.78, 5) is 23.2. The summed E-state index contributed by atoms with van der Waals surface area (Å²) in [6, 6.07) is 4.04. The van der Waals surface area contributed by atoms with E-state index in [1.165, 1.54) is 19.3 Å². The zero-order chi connectivity index (χ0) is 18.9. The van der Waals surface area contributed by atoms with Crippen molar-refractivity contribution in [3.05, 3.63) is 35.6 Å². The molecule has 7 heteroatoms. The number of nitrogens with zero attached hydrogens (tertiary/aromatic N) is 4. The van der Waals surface area contributed by atoms with Gasteiger partial charge in [-0.3, -0.25) is 4.79 Å². The van der Waals surface area contributed by atoms with Crippen LogP contribution in [0.4, 0.5) is 5.82 Å². The second kappa shape index (κ2) is 10.0. The smallest absolute Gasteiger partial charge is 0.226 e. The van der Waals surface area contributed by atoms with Gasteiger partial charge in [0.1, 0.15) is 5.82 Å². The molecular weight excluding hydrogens is 342 g/mol. The average molecular weight is 371 g/mol. The number of pyridine rings is 1. The number of hydrogen-bond donors (Lipinski definition) is 1. The molecule has 1 N–H and O–H groups in total. The Kier molecular flexibility index (Phi) is 7.19. The van der Waals surface area contributed by atoms with E-state index in [4.69, 9.17) is 4.52 Å². The standard InChI is InChI=1S/C20H29N5O2/c1-2-7-17-23-20(27-24-17)9-6-8-19(26)22-15-16-10-11-21-18(14-16)25-12-4-3-5-13-25/h10-11,14H,2-9,12-13,15H2,1H3,(H,22,26). The van der Waals surface area contributed by atoms with Crippen molar-refractivity contribution in [1.29, 1.82) is 0 Å². The predicted molar refractivity (Wildman–Crippen MR) is 103 cm³/mol. The fourth-order valence-electron chi connectivity index (χ4n) is 3.27. The molecule has 0 atom stereocenters. The first-order valence-corrected chi connectivity index (χ1v) is 10.0. The minimum Gasteiger partial charge on any atom is -0.357 e. The summed E-state index contributed by atoms with van der Waals surface area (Å²) >= 11 is 0. The Labute approximate surface area is 160 Å². The zero-order valence-electron chi connectivity index (χ0n) is 16.1. The maximum atomic E-state index is 12.1. The molecule has 27 heavy (non-hydrogen) atoms. The lowest BCUT2D eigenvalue weighted by molar-refractivity contribution is -0.121. The molecule has 1 saturated heterocycles. The van der Waals surface area contributed by atoms with Crippen LogP contribution in [-0.2, 0) is 24.2 Å². The Morgan fingerprint density at radius 1 is 1.26 bits per heavy atom. The van der Waals surface area contributed by atoms with Crippen LogP contribution in [0.5, 0.6) is 0 Å². The summed E-state index contributed by atoms with van der Waals surface area (Å²) in [7, 11) is 0. The van der Waals surface area contributed by atoms with E-state index in [1.54, 1.807) is 0 Å². The van der Waals surface area contributed by atoms with E-state index >= 15 is 0 Å². The highest BCUT2D eigenvalue weighted by Crippen LogP contribution is 2.18. The van der Waals surface area contributed by atoms with Crippen LogP contribution in [0.25, 0.3) is 0 Å².